The number of aliphatic hydroxyl groups is 1. The highest BCUT2D eigenvalue weighted by Crippen LogP contribution is 2.26. The smallest absolute Gasteiger partial charge is 0.123 e. The maximum Gasteiger partial charge on any atom is 0.123 e. The van der Waals surface area contributed by atoms with Crippen LogP contribution >= 0.6 is 0 Å². The predicted octanol–water partition coefficient (Wildman–Crippen LogP) is 4.39. The number of aliphatic hydroxyl groups excluding tert-OH is 1. The van der Waals surface area contributed by atoms with Gasteiger partial charge in [-0.2, -0.15) is 0 Å². The van der Waals surface area contributed by atoms with Crippen LogP contribution in [0.5, 0.6) is 0 Å². The molecule has 0 saturated heterocycles. The van der Waals surface area contributed by atoms with Crippen molar-refractivity contribution in [3.63, 3.8) is 0 Å². The van der Waals surface area contributed by atoms with Gasteiger partial charge in [0, 0.05) is 0 Å². The summed E-state index contributed by atoms with van der Waals surface area (Å²) in [6, 6.07) is 4.67. The molecule has 96 valence electrons. The lowest BCUT2D eigenvalue weighted by Gasteiger charge is -2.15. The van der Waals surface area contributed by atoms with E-state index in [1.54, 1.807) is 12.1 Å². The zero-order valence-electron chi connectivity index (χ0n) is 10.9. The molecule has 1 rings (SSSR count). The molecule has 0 aliphatic heterocycles. The van der Waals surface area contributed by atoms with Gasteiger partial charge in [-0.15, -0.1) is 0 Å². The zero-order valence-corrected chi connectivity index (χ0v) is 10.9. The summed E-state index contributed by atoms with van der Waals surface area (Å²) in [7, 11) is 0. The molecule has 1 aromatic carbocycles. The van der Waals surface area contributed by atoms with Gasteiger partial charge in [0.1, 0.15) is 5.82 Å². The quantitative estimate of drug-likeness (QED) is 0.698. The summed E-state index contributed by atoms with van der Waals surface area (Å²) in [5.41, 5.74) is 1.82. The number of hydrogen-bond acceptors (Lipinski definition) is 1. The van der Waals surface area contributed by atoms with Crippen LogP contribution < -0.4 is 0 Å². The van der Waals surface area contributed by atoms with E-state index in [4.69, 9.17) is 0 Å². The van der Waals surface area contributed by atoms with Gasteiger partial charge in [0.25, 0.3) is 0 Å². The summed E-state index contributed by atoms with van der Waals surface area (Å²) in [5.74, 6) is 0.113. The summed E-state index contributed by atoms with van der Waals surface area (Å²) in [4.78, 5) is 0. The molecule has 1 atom stereocenters. The summed E-state index contributed by atoms with van der Waals surface area (Å²) in [6.07, 6.45) is 5.98. The molecule has 0 spiro atoms. The molecule has 0 amide bonds. The fourth-order valence-corrected chi connectivity index (χ4v) is 2.20. The Hall–Kier alpha value is -0.890. The molecule has 1 N–H and O–H groups in total. The number of benzene rings is 1. The van der Waals surface area contributed by atoms with Crippen LogP contribution in [0.15, 0.2) is 18.2 Å². The molecule has 1 nitrogen and oxygen atoms in total. The molecule has 0 fully saturated rings. The summed E-state index contributed by atoms with van der Waals surface area (Å²) in [6.45, 7) is 4.30. The Labute approximate surface area is 104 Å². The van der Waals surface area contributed by atoms with Crippen LogP contribution in [0.4, 0.5) is 4.39 Å². The van der Waals surface area contributed by atoms with E-state index in [0.29, 0.717) is 5.92 Å². The van der Waals surface area contributed by atoms with E-state index >= 15 is 0 Å². The van der Waals surface area contributed by atoms with Crippen molar-refractivity contribution < 1.29 is 9.50 Å². The van der Waals surface area contributed by atoms with Gasteiger partial charge >= 0.3 is 0 Å². The molecule has 0 bridgehead atoms. The van der Waals surface area contributed by atoms with Gasteiger partial charge in [-0.05, 0) is 35.6 Å². The monoisotopic (exact) mass is 238 g/mol. The van der Waals surface area contributed by atoms with E-state index in [0.717, 1.165) is 17.5 Å². The molecule has 17 heavy (non-hydrogen) atoms. The SMILES string of the molecule is CCCCCCC(C)c1cc(F)ccc1CO. The first-order chi connectivity index (χ1) is 8.19. The van der Waals surface area contributed by atoms with Crippen molar-refractivity contribution in [2.45, 2.75) is 58.5 Å². The van der Waals surface area contributed by atoms with Gasteiger partial charge < -0.3 is 5.11 Å². The third kappa shape index (κ3) is 4.47. The maximum absolute atomic E-state index is 13.2. The summed E-state index contributed by atoms with van der Waals surface area (Å²) >= 11 is 0. The number of halogens is 1. The molecule has 0 aromatic heterocycles. The molecule has 0 aliphatic carbocycles. The van der Waals surface area contributed by atoms with Crippen molar-refractivity contribution in [3.05, 3.63) is 35.1 Å². The molecule has 0 heterocycles. The largest absolute Gasteiger partial charge is 0.392 e. The predicted molar refractivity (Wildman–Crippen MR) is 69.5 cm³/mol. The first-order valence-electron chi connectivity index (χ1n) is 6.58. The first-order valence-corrected chi connectivity index (χ1v) is 6.58. The van der Waals surface area contributed by atoms with E-state index in [1.807, 2.05) is 0 Å². The maximum atomic E-state index is 13.2. The minimum absolute atomic E-state index is 0.00505. The van der Waals surface area contributed by atoms with Gasteiger partial charge in [-0.1, -0.05) is 45.6 Å². The normalized spacial score (nSPS) is 12.7. The van der Waals surface area contributed by atoms with E-state index in [2.05, 4.69) is 13.8 Å². The third-order valence-corrected chi connectivity index (χ3v) is 3.30. The Morgan fingerprint density at radius 3 is 2.65 bits per heavy atom. The fourth-order valence-electron chi connectivity index (χ4n) is 2.20. The molecule has 0 saturated carbocycles. The van der Waals surface area contributed by atoms with E-state index in [9.17, 15) is 9.50 Å². The average molecular weight is 238 g/mol. The minimum Gasteiger partial charge on any atom is -0.392 e. The molecular formula is C15H23FO. The lowest BCUT2D eigenvalue weighted by atomic mass is 9.91. The lowest BCUT2D eigenvalue weighted by molar-refractivity contribution is 0.279. The van der Waals surface area contributed by atoms with Crippen molar-refractivity contribution in [2.75, 3.05) is 0 Å². The lowest BCUT2D eigenvalue weighted by Crippen LogP contribution is -2.01. The Bertz CT molecular complexity index is 336. The second-order valence-corrected chi connectivity index (χ2v) is 4.75. The van der Waals surface area contributed by atoms with Gasteiger partial charge in [0.05, 0.1) is 6.61 Å². The summed E-state index contributed by atoms with van der Waals surface area (Å²) < 4.78 is 13.2. The van der Waals surface area contributed by atoms with Crippen molar-refractivity contribution in [2.24, 2.45) is 0 Å². The van der Waals surface area contributed by atoms with Crippen molar-refractivity contribution in [3.8, 4) is 0 Å². The van der Waals surface area contributed by atoms with Crippen LogP contribution in [0.3, 0.4) is 0 Å². The van der Waals surface area contributed by atoms with Crippen molar-refractivity contribution in [1.29, 1.82) is 0 Å². The number of hydrogen-bond donors (Lipinski definition) is 1. The van der Waals surface area contributed by atoms with Gasteiger partial charge in [-0.3, -0.25) is 0 Å². The third-order valence-electron chi connectivity index (χ3n) is 3.30. The van der Waals surface area contributed by atoms with Crippen LogP contribution in [0, 0.1) is 5.82 Å². The number of rotatable bonds is 7. The van der Waals surface area contributed by atoms with Crippen LogP contribution in [0.2, 0.25) is 0 Å². The van der Waals surface area contributed by atoms with E-state index in [-0.39, 0.29) is 12.4 Å². The summed E-state index contributed by atoms with van der Waals surface area (Å²) in [5, 5.41) is 9.25. The zero-order chi connectivity index (χ0) is 12.7. The van der Waals surface area contributed by atoms with Crippen molar-refractivity contribution in [1.82, 2.24) is 0 Å². The van der Waals surface area contributed by atoms with Gasteiger partial charge in [0.15, 0.2) is 0 Å². The highest BCUT2D eigenvalue weighted by atomic mass is 19.1. The van der Waals surface area contributed by atoms with Crippen LogP contribution in [-0.4, -0.2) is 5.11 Å². The molecular weight excluding hydrogens is 215 g/mol. The Morgan fingerprint density at radius 1 is 1.24 bits per heavy atom. The molecule has 0 radical (unpaired) electrons. The van der Waals surface area contributed by atoms with Crippen LogP contribution in [0.1, 0.15) is 63.0 Å². The molecule has 0 aliphatic rings. The van der Waals surface area contributed by atoms with Crippen LogP contribution in [0.25, 0.3) is 0 Å². The highest BCUT2D eigenvalue weighted by molar-refractivity contribution is 5.30. The highest BCUT2D eigenvalue weighted by Gasteiger charge is 2.11. The fraction of sp³-hybridized carbons (Fsp3) is 0.600. The second-order valence-electron chi connectivity index (χ2n) is 4.75. The van der Waals surface area contributed by atoms with E-state index < -0.39 is 0 Å². The average Bonchev–Trinajstić information content (AvgIpc) is 2.34. The second kappa shape index (κ2) is 7.44. The standard InChI is InChI=1S/C15H23FO/c1-3-4-5-6-7-12(2)15-10-14(16)9-8-13(15)11-17/h8-10,12,17H,3-7,11H2,1-2H3. The van der Waals surface area contributed by atoms with Gasteiger partial charge in [-0.25, -0.2) is 4.39 Å². The van der Waals surface area contributed by atoms with E-state index in [1.165, 1.54) is 31.7 Å². The van der Waals surface area contributed by atoms with Crippen molar-refractivity contribution >= 4 is 0 Å². The topological polar surface area (TPSA) is 20.2 Å². The molecule has 1 aromatic rings. The Balaban J connectivity index is 2.60. The van der Waals surface area contributed by atoms with Gasteiger partial charge in [0.2, 0.25) is 0 Å². The first kappa shape index (κ1) is 14.2. The minimum atomic E-state index is -0.211. The molecule has 2 heteroatoms. The Kier molecular flexibility index (Phi) is 6.20. The Morgan fingerprint density at radius 2 is 2.00 bits per heavy atom. The van der Waals surface area contributed by atoms with Crippen LogP contribution in [-0.2, 0) is 6.61 Å². The number of unbranched alkanes of at least 4 members (excludes halogenated alkanes) is 3. The molecule has 1 unspecified atom stereocenters.